The number of benzene rings is 2. The van der Waals surface area contributed by atoms with Gasteiger partial charge in [-0.3, -0.25) is 9.89 Å². The first-order valence-electron chi connectivity index (χ1n) is 11.4. The first-order valence-corrected chi connectivity index (χ1v) is 12.8. The zero-order valence-corrected chi connectivity index (χ0v) is 19.3. The van der Waals surface area contributed by atoms with E-state index >= 15 is 0 Å². The van der Waals surface area contributed by atoms with E-state index in [0.717, 1.165) is 49.1 Å². The second kappa shape index (κ2) is 8.75. The number of sulfonamides is 1. The van der Waals surface area contributed by atoms with Crippen LogP contribution in [0.5, 0.6) is 5.75 Å². The molecular formula is C24H30N4O3S. The third-order valence-corrected chi connectivity index (χ3v) is 8.63. The third-order valence-electron chi connectivity index (χ3n) is 6.83. The molecule has 0 radical (unpaired) electrons. The number of guanidine groups is 1. The molecule has 7 nitrogen and oxygen atoms in total. The Kier molecular flexibility index (Phi) is 5.82. The van der Waals surface area contributed by atoms with Gasteiger partial charge in [0, 0.05) is 32.2 Å². The third kappa shape index (κ3) is 3.97. The van der Waals surface area contributed by atoms with Gasteiger partial charge in [-0.2, -0.15) is 0 Å². The minimum atomic E-state index is -3.64. The molecule has 5 rings (SSSR count). The Morgan fingerprint density at radius 2 is 1.50 bits per heavy atom. The Bertz CT molecular complexity index is 1070. The Balaban J connectivity index is 1.29. The maximum Gasteiger partial charge on any atom is 0.266 e. The molecule has 2 aliphatic heterocycles. The topological polar surface area (TPSA) is 65.5 Å². The van der Waals surface area contributed by atoms with Crippen molar-refractivity contribution in [3.8, 4) is 16.9 Å². The highest BCUT2D eigenvalue weighted by atomic mass is 32.2. The van der Waals surface area contributed by atoms with Gasteiger partial charge in [0.05, 0.1) is 25.1 Å². The molecule has 8 heteroatoms. The second-order valence-electron chi connectivity index (χ2n) is 8.62. The quantitative estimate of drug-likeness (QED) is 0.695. The molecule has 170 valence electrons. The van der Waals surface area contributed by atoms with E-state index in [2.05, 4.69) is 14.8 Å². The van der Waals surface area contributed by atoms with Crippen LogP contribution in [0.25, 0.3) is 11.1 Å². The van der Waals surface area contributed by atoms with Crippen molar-refractivity contribution >= 4 is 16.0 Å². The molecule has 0 N–H and O–H groups in total. The van der Waals surface area contributed by atoms with E-state index in [1.165, 1.54) is 23.6 Å². The molecule has 0 atom stereocenters. The summed E-state index contributed by atoms with van der Waals surface area (Å²) in [6.07, 6.45) is 3.93. The van der Waals surface area contributed by atoms with Crippen LogP contribution < -0.4 is 4.74 Å². The van der Waals surface area contributed by atoms with E-state index in [0.29, 0.717) is 23.9 Å². The fraction of sp³-hybridized carbons (Fsp3) is 0.458. The van der Waals surface area contributed by atoms with Crippen LogP contribution in [0, 0.1) is 0 Å². The van der Waals surface area contributed by atoms with E-state index in [4.69, 9.17) is 4.74 Å². The number of hydrogen-bond donors (Lipinski definition) is 0. The SMILES string of the molecule is COc1ccc(-c2ccc(S(=O)(=O)N3CCN=C3N3CCN(C4CCC4)CC3)cc2)cc1. The largest absolute Gasteiger partial charge is 0.497 e. The average molecular weight is 455 g/mol. The van der Waals surface area contributed by atoms with Crippen molar-refractivity contribution in [2.45, 2.75) is 30.2 Å². The van der Waals surface area contributed by atoms with Crippen molar-refractivity contribution in [3.05, 3.63) is 48.5 Å². The summed E-state index contributed by atoms with van der Waals surface area (Å²) in [5.41, 5.74) is 1.98. The summed E-state index contributed by atoms with van der Waals surface area (Å²) in [5.74, 6) is 1.40. The Hall–Kier alpha value is -2.58. The first kappa shape index (κ1) is 21.3. The zero-order chi connectivity index (χ0) is 22.1. The lowest BCUT2D eigenvalue weighted by Crippen LogP contribution is -2.56. The highest BCUT2D eigenvalue weighted by molar-refractivity contribution is 7.89. The number of nitrogens with zero attached hydrogens (tertiary/aromatic N) is 4. The van der Waals surface area contributed by atoms with Gasteiger partial charge in [-0.25, -0.2) is 12.7 Å². The molecule has 0 aromatic heterocycles. The smallest absolute Gasteiger partial charge is 0.266 e. The predicted octanol–water partition coefficient (Wildman–Crippen LogP) is 2.89. The monoisotopic (exact) mass is 454 g/mol. The minimum Gasteiger partial charge on any atom is -0.497 e. The first-order chi connectivity index (χ1) is 15.6. The summed E-state index contributed by atoms with van der Waals surface area (Å²) in [5, 5.41) is 0. The van der Waals surface area contributed by atoms with Gasteiger partial charge >= 0.3 is 0 Å². The molecule has 3 aliphatic rings. The summed E-state index contributed by atoms with van der Waals surface area (Å²) in [6.45, 7) is 4.54. The van der Waals surface area contributed by atoms with Gasteiger partial charge in [0.2, 0.25) is 5.96 Å². The summed E-state index contributed by atoms with van der Waals surface area (Å²) in [4.78, 5) is 9.57. The Morgan fingerprint density at radius 3 is 2.06 bits per heavy atom. The van der Waals surface area contributed by atoms with Crippen LogP contribution in [0.4, 0.5) is 0 Å². The minimum absolute atomic E-state index is 0.303. The average Bonchev–Trinajstić information content (AvgIpc) is 3.30. The van der Waals surface area contributed by atoms with Crippen molar-refractivity contribution in [3.63, 3.8) is 0 Å². The number of piperazine rings is 1. The van der Waals surface area contributed by atoms with Crippen molar-refractivity contribution in [2.75, 3.05) is 46.4 Å². The van der Waals surface area contributed by atoms with Crippen LogP contribution in [0.1, 0.15) is 19.3 Å². The highest BCUT2D eigenvalue weighted by Gasteiger charge is 2.36. The lowest BCUT2D eigenvalue weighted by Gasteiger charge is -2.44. The summed E-state index contributed by atoms with van der Waals surface area (Å²) < 4.78 is 33.6. The Labute approximate surface area is 190 Å². The van der Waals surface area contributed by atoms with Crippen LogP contribution in [0.3, 0.4) is 0 Å². The van der Waals surface area contributed by atoms with E-state index in [1.807, 2.05) is 36.4 Å². The predicted molar refractivity (Wildman–Crippen MR) is 125 cm³/mol. The van der Waals surface area contributed by atoms with Gasteiger partial charge in [0.1, 0.15) is 5.75 Å². The molecule has 0 unspecified atom stereocenters. The summed E-state index contributed by atoms with van der Waals surface area (Å²) >= 11 is 0. The summed E-state index contributed by atoms with van der Waals surface area (Å²) in [7, 11) is -2.01. The molecule has 32 heavy (non-hydrogen) atoms. The lowest BCUT2D eigenvalue weighted by atomic mass is 9.91. The number of aliphatic imine (C=N–C) groups is 1. The van der Waals surface area contributed by atoms with E-state index in [9.17, 15) is 8.42 Å². The van der Waals surface area contributed by atoms with E-state index in [1.54, 1.807) is 19.2 Å². The van der Waals surface area contributed by atoms with Crippen molar-refractivity contribution in [1.29, 1.82) is 0 Å². The number of rotatable bonds is 5. The van der Waals surface area contributed by atoms with Crippen LogP contribution in [-0.2, 0) is 10.0 Å². The number of ether oxygens (including phenoxy) is 1. The fourth-order valence-electron chi connectivity index (χ4n) is 4.67. The van der Waals surface area contributed by atoms with Crippen LogP contribution >= 0.6 is 0 Å². The number of methoxy groups -OCH3 is 1. The molecule has 0 amide bonds. The van der Waals surface area contributed by atoms with Crippen molar-refractivity contribution < 1.29 is 13.2 Å². The molecule has 0 bridgehead atoms. The van der Waals surface area contributed by atoms with Crippen molar-refractivity contribution in [2.24, 2.45) is 4.99 Å². The van der Waals surface area contributed by atoms with E-state index in [-0.39, 0.29) is 0 Å². The van der Waals surface area contributed by atoms with Gasteiger partial charge in [-0.1, -0.05) is 30.7 Å². The standard InChI is InChI=1S/C24H30N4O3S/c1-31-22-9-5-19(6-10-22)20-7-11-23(12-8-20)32(29,30)28-14-13-25-24(28)27-17-15-26(16-18-27)21-3-2-4-21/h5-12,21H,2-4,13-18H2,1H3. The van der Waals surface area contributed by atoms with E-state index < -0.39 is 10.0 Å². The molecule has 1 saturated carbocycles. The molecule has 1 aliphatic carbocycles. The van der Waals surface area contributed by atoms with Gasteiger partial charge in [-0.05, 0) is 48.2 Å². The molecular weight excluding hydrogens is 424 g/mol. The Morgan fingerprint density at radius 1 is 0.875 bits per heavy atom. The normalized spacial score (nSPS) is 20.2. The van der Waals surface area contributed by atoms with Crippen LogP contribution in [0.2, 0.25) is 0 Å². The second-order valence-corrected chi connectivity index (χ2v) is 10.5. The lowest BCUT2D eigenvalue weighted by molar-refractivity contribution is 0.0833. The zero-order valence-electron chi connectivity index (χ0n) is 18.5. The fourth-order valence-corrected chi connectivity index (χ4v) is 6.12. The molecule has 2 fully saturated rings. The van der Waals surface area contributed by atoms with Gasteiger partial charge in [0.25, 0.3) is 10.0 Å². The van der Waals surface area contributed by atoms with Gasteiger partial charge < -0.3 is 9.64 Å². The molecule has 2 aromatic carbocycles. The maximum absolute atomic E-state index is 13.4. The summed E-state index contributed by atoms with van der Waals surface area (Å²) in [6, 6.07) is 15.6. The van der Waals surface area contributed by atoms with Crippen molar-refractivity contribution in [1.82, 2.24) is 14.1 Å². The highest BCUT2D eigenvalue weighted by Crippen LogP contribution is 2.28. The van der Waals surface area contributed by atoms with Gasteiger partial charge in [-0.15, -0.1) is 0 Å². The molecule has 1 saturated heterocycles. The van der Waals surface area contributed by atoms with Gasteiger partial charge in [0.15, 0.2) is 0 Å². The van der Waals surface area contributed by atoms with Crippen LogP contribution in [0.15, 0.2) is 58.4 Å². The molecule has 0 spiro atoms. The van der Waals surface area contributed by atoms with Crippen LogP contribution in [-0.4, -0.2) is 80.9 Å². The number of hydrogen-bond acceptors (Lipinski definition) is 6. The molecule has 2 heterocycles. The maximum atomic E-state index is 13.4. The molecule has 2 aromatic rings.